The molecule has 1 aromatic heterocycles. The summed E-state index contributed by atoms with van der Waals surface area (Å²) in [6.45, 7) is 3.28. The molecule has 140 valence electrons. The van der Waals surface area contributed by atoms with Crippen LogP contribution in [0.3, 0.4) is 0 Å². The van der Waals surface area contributed by atoms with Crippen molar-refractivity contribution in [3.05, 3.63) is 65.5 Å². The van der Waals surface area contributed by atoms with Gasteiger partial charge in [0.2, 0.25) is 10.0 Å². The number of hydrogen-bond donors (Lipinski definition) is 2. The molecule has 0 amide bonds. The third kappa shape index (κ3) is 4.20. The maximum atomic E-state index is 12.1. The van der Waals surface area contributed by atoms with E-state index < -0.39 is 21.2 Å². The van der Waals surface area contributed by atoms with E-state index in [1.165, 1.54) is 11.3 Å². The summed E-state index contributed by atoms with van der Waals surface area (Å²) in [4.78, 5) is 11.8. The van der Waals surface area contributed by atoms with E-state index in [9.17, 15) is 13.2 Å². The zero-order chi connectivity index (χ0) is 19.6. The second kappa shape index (κ2) is 7.54. The van der Waals surface area contributed by atoms with E-state index in [0.29, 0.717) is 5.69 Å². The van der Waals surface area contributed by atoms with Crippen molar-refractivity contribution in [1.82, 2.24) is 0 Å². The Labute approximate surface area is 162 Å². The molecule has 0 aliphatic heterocycles. The Morgan fingerprint density at radius 1 is 0.926 bits per heavy atom. The fourth-order valence-electron chi connectivity index (χ4n) is 2.50. The van der Waals surface area contributed by atoms with Crippen LogP contribution in [-0.4, -0.2) is 24.7 Å². The number of carboxylic acids is 1. The number of anilines is 1. The molecule has 0 radical (unpaired) electrons. The zero-order valence-corrected chi connectivity index (χ0v) is 16.5. The molecule has 27 heavy (non-hydrogen) atoms. The number of rotatable bonds is 6. The van der Waals surface area contributed by atoms with Crippen LogP contribution in [0, 0.1) is 0 Å². The van der Waals surface area contributed by atoms with Crippen molar-refractivity contribution in [3.8, 4) is 21.6 Å². The van der Waals surface area contributed by atoms with Gasteiger partial charge in [-0.3, -0.25) is 4.72 Å². The Hall–Kier alpha value is -2.64. The zero-order valence-electron chi connectivity index (χ0n) is 14.8. The van der Waals surface area contributed by atoms with E-state index in [1.807, 2.05) is 29.6 Å². The number of carbonyl (C=O) groups is 1. The van der Waals surface area contributed by atoms with Gasteiger partial charge in [0.05, 0.1) is 21.4 Å². The quantitative estimate of drug-likeness (QED) is 0.613. The molecule has 3 aromatic rings. The van der Waals surface area contributed by atoms with Crippen LogP contribution in [0.2, 0.25) is 0 Å². The molecular weight excluding hydrogens is 382 g/mol. The van der Waals surface area contributed by atoms with Crippen LogP contribution < -0.4 is 4.72 Å². The summed E-state index contributed by atoms with van der Waals surface area (Å²) >= 11 is 1.47. The Morgan fingerprint density at radius 3 is 1.96 bits per heavy atom. The van der Waals surface area contributed by atoms with Gasteiger partial charge in [-0.25, -0.2) is 13.2 Å². The second-order valence-corrected chi connectivity index (χ2v) is 9.47. The van der Waals surface area contributed by atoms with Crippen LogP contribution in [0.5, 0.6) is 0 Å². The van der Waals surface area contributed by atoms with Gasteiger partial charge in [-0.1, -0.05) is 36.4 Å². The molecule has 0 saturated heterocycles. The van der Waals surface area contributed by atoms with Crippen molar-refractivity contribution >= 4 is 33.0 Å². The molecule has 0 bridgehead atoms. The van der Waals surface area contributed by atoms with Gasteiger partial charge in [0.1, 0.15) is 0 Å². The Kier molecular flexibility index (Phi) is 5.34. The normalized spacial score (nSPS) is 11.5. The minimum Gasteiger partial charge on any atom is -0.478 e. The summed E-state index contributed by atoms with van der Waals surface area (Å²) in [5, 5.41) is 10.3. The summed E-state index contributed by atoms with van der Waals surface area (Å²) in [7, 11) is -3.41. The van der Waals surface area contributed by atoms with Gasteiger partial charge in [-0.05, 0) is 54.1 Å². The number of aromatic carboxylic acids is 1. The SMILES string of the molecule is CC(C)S(=O)(=O)Nc1ccsc1-c1ccc(-c2ccc(C(=O)O)cc2)cc1. The summed E-state index contributed by atoms with van der Waals surface area (Å²) in [5.41, 5.74) is 3.61. The number of hydrogen-bond acceptors (Lipinski definition) is 4. The molecule has 3 rings (SSSR count). The number of carboxylic acid groups (broad SMARTS) is 1. The monoisotopic (exact) mass is 401 g/mol. The highest BCUT2D eigenvalue weighted by atomic mass is 32.2. The maximum absolute atomic E-state index is 12.1. The highest BCUT2D eigenvalue weighted by molar-refractivity contribution is 7.93. The van der Waals surface area contributed by atoms with Gasteiger partial charge < -0.3 is 5.11 Å². The largest absolute Gasteiger partial charge is 0.478 e. The first-order chi connectivity index (χ1) is 12.8. The average Bonchev–Trinajstić information content (AvgIpc) is 3.09. The predicted octanol–water partition coefficient (Wildman–Crippen LogP) is 4.93. The number of nitrogens with one attached hydrogen (secondary N) is 1. The lowest BCUT2D eigenvalue weighted by Gasteiger charge is -2.12. The van der Waals surface area contributed by atoms with Gasteiger partial charge in [0.25, 0.3) is 0 Å². The standard InChI is InChI=1S/C20H19NO4S2/c1-13(2)27(24,25)21-18-11-12-26-19(18)16-7-3-14(4-8-16)15-5-9-17(10-6-15)20(22)23/h3-13,21H,1-2H3,(H,22,23). The first-order valence-corrected chi connectivity index (χ1v) is 10.7. The molecule has 7 heteroatoms. The molecule has 0 fully saturated rings. The van der Waals surface area contributed by atoms with Crippen LogP contribution in [-0.2, 0) is 10.0 Å². The topological polar surface area (TPSA) is 83.5 Å². The minimum atomic E-state index is -3.41. The van der Waals surface area contributed by atoms with Crippen LogP contribution in [0.25, 0.3) is 21.6 Å². The van der Waals surface area contributed by atoms with E-state index >= 15 is 0 Å². The van der Waals surface area contributed by atoms with Gasteiger partial charge in [-0.2, -0.15) is 0 Å². The Morgan fingerprint density at radius 2 is 1.44 bits per heavy atom. The molecule has 0 aliphatic rings. The second-order valence-electron chi connectivity index (χ2n) is 6.32. The van der Waals surface area contributed by atoms with E-state index in [-0.39, 0.29) is 5.56 Å². The molecular formula is C20H19NO4S2. The van der Waals surface area contributed by atoms with Crippen molar-refractivity contribution in [1.29, 1.82) is 0 Å². The number of sulfonamides is 1. The van der Waals surface area contributed by atoms with Crippen molar-refractivity contribution in [2.24, 2.45) is 0 Å². The van der Waals surface area contributed by atoms with Gasteiger partial charge >= 0.3 is 5.97 Å². The third-order valence-corrected chi connectivity index (χ3v) is 6.86. The molecule has 0 aliphatic carbocycles. The summed E-state index contributed by atoms with van der Waals surface area (Å²) in [5.74, 6) is -0.953. The van der Waals surface area contributed by atoms with E-state index in [1.54, 1.807) is 44.2 Å². The predicted molar refractivity (Wildman–Crippen MR) is 110 cm³/mol. The minimum absolute atomic E-state index is 0.246. The molecule has 2 N–H and O–H groups in total. The lowest BCUT2D eigenvalue weighted by Crippen LogP contribution is -2.22. The molecule has 5 nitrogen and oxygen atoms in total. The van der Waals surface area contributed by atoms with Crippen LogP contribution in [0.1, 0.15) is 24.2 Å². The van der Waals surface area contributed by atoms with E-state index in [2.05, 4.69) is 4.72 Å². The van der Waals surface area contributed by atoms with Crippen molar-refractivity contribution in [2.45, 2.75) is 19.1 Å². The summed E-state index contributed by atoms with van der Waals surface area (Å²) in [6.07, 6.45) is 0. The Bertz CT molecular complexity index is 1050. The van der Waals surface area contributed by atoms with Crippen LogP contribution in [0.4, 0.5) is 5.69 Å². The van der Waals surface area contributed by atoms with Gasteiger partial charge in [-0.15, -0.1) is 11.3 Å². The summed E-state index contributed by atoms with van der Waals surface area (Å²) in [6, 6.07) is 16.2. The van der Waals surface area contributed by atoms with Crippen molar-refractivity contribution in [3.63, 3.8) is 0 Å². The first kappa shape index (κ1) is 19.1. The maximum Gasteiger partial charge on any atom is 0.335 e. The van der Waals surface area contributed by atoms with Gasteiger partial charge in [0, 0.05) is 0 Å². The lowest BCUT2D eigenvalue weighted by atomic mass is 10.0. The number of thiophene rings is 1. The molecule has 0 atom stereocenters. The fourth-order valence-corrected chi connectivity index (χ4v) is 4.14. The third-order valence-electron chi connectivity index (χ3n) is 4.15. The molecule has 0 spiro atoms. The van der Waals surface area contributed by atoms with Crippen LogP contribution >= 0.6 is 11.3 Å². The molecule has 2 aromatic carbocycles. The molecule has 1 heterocycles. The first-order valence-electron chi connectivity index (χ1n) is 8.31. The lowest BCUT2D eigenvalue weighted by molar-refractivity contribution is 0.0697. The van der Waals surface area contributed by atoms with Crippen LogP contribution in [0.15, 0.2) is 60.0 Å². The highest BCUT2D eigenvalue weighted by Crippen LogP contribution is 2.35. The Balaban J connectivity index is 1.86. The smallest absolute Gasteiger partial charge is 0.335 e. The fraction of sp³-hybridized carbons (Fsp3) is 0.150. The molecule has 0 unspecified atom stereocenters. The number of benzene rings is 2. The van der Waals surface area contributed by atoms with Crippen molar-refractivity contribution in [2.75, 3.05) is 4.72 Å². The van der Waals surface area contributed by atoms with E-state index in [4.69, 9.17) is 5.11 Å². The van der Waals surface area contributed by atoms with Gasteiger partial charge in [0.15, 0.2) is 0 Å². The summed E-state index contributed by atoms with van der Waals surface area (Å²) < 4.78 is 26.9. The van der Waals surface area contributed by atoms with Crippen molar-refractivity contribution < 1.29 is 18.3 Å². The average molecular weight is 402 g/mol. The van der Waals surface area contributed by atoms with E-state index in [0.717, 1.165) is 21.6 Å². The molecule has 0 saturated carbocycles. The highest BCUT2D eigenvalue weighted by Gasteiger charge is 2.18.